The third-order valence-corrected chi connectivity index (χ3v) is 9.15. The first-order chi connectivity index (χ1) is 16.4. The highest BCUT2D eigenvalue weighted by atomic mass is 32.2. The molecule has 7 nitrogen and oxygen atoms in total. The van der Waals surface area contributed by atoms with Crippen molar-refractivity contribution < 1.29 is 18.0 Å². The maximum absolute atomic E-state index is 13.3. The SMILES string of the molecule is O=C(Nc1ccc(S(=O)(=O)N2CCCc3ccccc32)cc1)C1CC(=O)N(C2CCCCC2)C1. The highest BCUT2D eigenvalue weighted by Crippen LogP contribution is 2.32. The van der Waals surface area contributed by atoms with E-state index in [4.69, 9.17) is 0 Å². The molecule has 2 amide bonds. The van der Waals surface area contributed by atoms with Gasteiger partial charge in [0.25, 0.3) is 10.0 Å². The number of nitrogens with one attached hydrogen (secondary N) is 1. The number of hydrogen-bond acceptors (Lipinski definition) is 4. The van der Waals surface area contributed by atoms with Crippen LogP contribution in [0.2, 0.25) is 0 Å². The van der Waals surface area contributed by atoms with Gasteiger partial charge in [0.2, 0.25) is 11.8 Å². The molecule has 2 aliphatic heterocycles. The predicted molar refractivity (Wildman–Crippen MR) is 131 cm³/mol. The van der Waals surface area contributed by atoms with Crippen LogP contribution in [-0.2, 0) is 26.0 Å². The molecule has 5 rings (SSSR count). The molecule has 0 radical (unpaired) electrons. The number of rotatable bonds is 5. The molecule has 2 aromatic rings. The maximum atomic E-state index is 13.3. The molecule has 2 fully saturated rings. The summed E-state index contributed by atoms with van der Waals surface area (Å²) in [5.41, 5.74) is 2.31. The Labute approximate surface area is 201 Å². The van der Waals surface area contributed by atoms with E-state index in [9.17, 15) is 18.0 Å². The number of carbonyl (C=O) groups is 2. The van der Waals surface area contributed by atoms with E-state index >= 15 is 0 Å². The molecule has 8 heteroatoms. The normalized spacial score (nSPS) is 21.4. The van der Waals surface area contributed by atoms with Crippen LogP contribution in [0.25, 0.3) is 0 Å². The van der Waals surface area contributed by atoms with Crippen molar-refractivity contribution in [2.45, 2.75) is 62.3 Å². The number of likely N-dealkylation sites (tertiary alicyclic amines) is 1. The van der Waals surface area contributed by atoms with Crippen molar-refractivity contribution in [3.8, 4) is 0 Å². The first kappa shape index (κ1) is 22.9. The standard InChI is InChI=1S/C26H31N3O4S/c30-25-17-20(18-28(25)22-9-2-1-3-10-22)26(31)27-21-12-14-23(15-13-21)34(32,33)29-16-6-8-19-7-4-5-11-24(19)29/h4-5,7,11-15,20,22H,1-3,6,8-10,16-18H2,(H,27,31). The van der Waals surface area contributed by atoms with Crippen molar-refractivity contribution in [2.24, 2.45) is 5.92 Å². The summed E-state index contributed by atoms with van der Waals surface area (Å²) in [5, 5.41) is 2.88. The number of para-hydroxylation sites is 1. The van der Waals surface area contributed by atoms with Gasteiger partial charge in [-0.15, -0.1) is 0 Å². The van der Waals surface area contributed by atoms with Gasteiger partial charge in [-0.1, -0.05) is 37.5 Å². The molecule has 2 heterocycles. The summed E-state index contributed by atoms with van der Waals surface area (Å²) >= 11 is 0. The van der Waals surface area contributed by atoms with Crippen LogP contribution < -0.4 is 9.62 Å². The van der Waals surface area contributed by atoms with Gasteiger partial charge >= 0.3 is 0 Å². The Bertz CT molecular complexity index is 1170. The van der Waals surface area contributed by atoms with Crippen LogP contribution in [0.4, 0.5) is 11.4 Å². The molecule has 1 saturated carbocycles. The molecule has 1 atom stereocenters. The second-order valence-electron chi connectivity index (χ2n) is 9.56. The molecule has 0 spiro atoms. The lowest BCUT2D eigenvalue weighted by Gasteiger charge is -2.31. The Hall–Kier alpha value is -2.87. The number of benzene rings is 2. The summed E-state index contributed by atoms with van der Waals surface area (Å²) in [4.78, 5) is 27.4. The lowest BCUT2D eigenvalue weighted by atomic mass is 9.94. The van der Waals surface area contributed by atoms with Crippen LogP contribution in [0.15, 0.2) is 53.4 Å². The molecule has 0 aromatic heterocycles. The minimum atomic E-state index is -3.69. The Morgan fingerprint density at radius 3 is 2.44 bits per heavy atom. The Balaban J connectivity index is 1.25. The van der Waals surface area contributed by atoms with E-state index in [1.165, 1.54) is 22.9 Å². The smallest absolute Gasteiger partial charge is 0.264 e. The summed E-state index contributed by atoms with van der Waals surface area (Å²) in [5.74, 6) is -0.495. The second kappa shape index (κ2) is 9.41. The zero-order valence-corrected chi connectivity index (χ0v) is 20.1. The Morgan fingerprint density at radius 1 is 0.941 bits per heavy atom. The number of fused-ring (bicyclic) bond motifs is 1. The van der Waals surface area contributed by atoms with Crippen LogP contribution in [-0.4, -0.2) is 44.3 Å². The van der Waals surface area contributed by atoms with E-state index < -0.39 is 10.0 Å². The van der Waals surface area contributed by atoms with Gasteiger partial charge in [0, 0.05) is 31.2 Å². The summed E-state index contributed by atoms with van der Waals surface area (Å²) in [7, 11) is -3.69. The molecular formula is C26H31N3O4S. The van der Waals surface area contributed by atoms with E-state index in [0.717, 1.165) is 49.8 Å². The van der Waals surface area contributed by atoms with Crippen LogP contribution in [0.5, 0.6) is 0 Å². The first-order valence-corrected chi connectivity index (χ1v) is 13.7. The monoisotopic (exact) mass is 481 g/mol. The number of aryl methyl sites for hydroxylation is 1. The van der Waals surface area contributed by atoms with E-state index in [-0.39, 0.29) is 35.1 Å². The quantitative estimate of drug-likeness (QED) is 0.701. The number of hydrogen-bond donors (Lipinski definition) is 1. The maximum Gasteiger partial charge on any atom is 0.264 e. The molecular weight excluding hydrogens is 450 g/mol. The Morgan fingerprint density at radius 2 is 1.68 bits per heavy atom. The van der Waals surface area contributed by atoms with Crippen LogP contribution in [0.1, 0.15) is 50.5 Å². The minimum Gasteiger partial charge on any atom is -0.339 e. The van der Waals surface area contributed by atoms with E-state index in [2.05, 4.69) is 5.32 Å². The highest BCUT2D eigenvalue weighted by Gasteiger charge is 2.38. The molecule has 3 aliphatic rings. The highest BCUT2D eigenvalue weighted by molar-refractivity contribution is 7.92. The molecule has 2 aromatic carbocycles. The van der Waals surface area contributed by atoms with Crippen molar-refractivity contribution in [2.75, 3.05) is 22.7 Å². The van der Waals surface area contributed by atoms with Crippen molar-refractivity contribution in [3.63, 3.8) is 0 Å². The molecule has 34 heavy (non-hydrogen) atoms. The molecule has 1 saturated heterocycles. The fourth-order valence-corrected chi connectivity index (χ4v) is 7.02. The number of carbonyl (C=O) groups excluding carboxylic acids is 2. The van der Waals surface area contributed by atoms with Gasteiger partial charge < -0.3 is 10.2 Å². The third-order valence-electron chi connectivity index (χ3n) is 7.32. The van der Waals surface area contributed by atoms with Gasteiger partial charge in [-0.2, -0.15) is 0 Å². The molecule has 0 bridgehead atoms. The van der Waals surface area contributed by atoms with Crippen LogP contribution >= 0.6 is 0 Å². The fraction of sp³-hybridized carbons (Fsp3) is 0.462. The second-order valence-corrected chi connectivity index (χ2v) is 11.4. The van der Waals surface area contributed by atoms with Crippen LogP contribution in [0, 0.1) is 5.92 Å². The summed E-state index contributed by atoms with van der Waals surface area (Å²) in [6.45, 7) is 0.918. The van der Waals surface area contributed by atoms with Crippen molar-refractivity contribution in [1.29, 1.82) is 0 Å². The van der Waals surface area contributed by atoms with E-state index in [1.54, 1.807) is 12.1 Å². The van der Waals surface area contributed by atoms with Crippen LogP contribution in [0.3, 0.4) is 0 Å². The van der Waals surface area contributed by atoms with Gasteiger partial charge in [-0.25, -0.2) is 8.42 Å². The number of anilines is 2. The first-order valence-electron chi connectivity index (χ1n) is 12.2. The van der Waals surface area contributed by atoms with Crippen molar-refractivity contribution in [1.82, 2.24) is 4.90 Å². The van der Waals surface area contributed by atoms with Crippen molar-refractivity contribution in [3.05, 3.63) is 54.1 Å². The average molecular weight is 482 g/mol. The van der Waals surface area contributed by atoms with E-state index in [1.807, 2.05) is 29.2 Å². The van der Waals surface area contributed by atoms with E-state index in [0.29, 0.717) is 18.8 Å². The van der Waals surface area contributed by atoms with Gasteiger partial charge in [-0.05, 0) is 61.6 Å². The molecule has 1 N–H and O–H groups in total. The largest absolute Gasteiger partial charge is 0.339 e. The van der Waals surface area contributed by atoms with Gasteiger partial charge in [0.1, 0.15) is 0 Å². The molecule has 180 valence electrons. The summed E-state index contributed by atoms with van der Waals surface area (Å²) < 4.78 is 28.1. The average Bonchev–Trinajstić information content (AvgIpc) is 3.26. The summed E-state index contributed by atoms with van der Waals surface area (Å²) in [6.07, 6.45) is 7.45. The molecule has 1 unspecified atom stereocenters. The lowest BCUT2D eigenvalue weighted by Crippen LogP contribution is -2.38. The zero-order chi connectivity index (χ0) is 23.7. The number of amides is 2. The fourth-order valence-electron chi connectivity index (χ4n) is 5.48. The molecule has 1 aliphatic carbocycles. The van der Waals surface area contributed by atoms with Gasteiger partial charge in [0.15, 0.2) is 0 Å². The number of sulfonamides is 1. The predicted octanol–water partition coefficient (Wildman–Crippen LogP) is 3.95. The minimum absolute atomic E-state index is 0.0651. The summed E-state index contributed by atoms with van der Waals surface area (Å²) in [6, 6.07) is 14.2. The number of nitrogens with zero attached hydrogens (tertiary/aromatic N) is 2. The van der Waals surface area contributed by atoms with Gasteiger partial charge in [0.05, 0.1) is 16.5 Å². The zero-order valence-electron chi connectivity index (χ0n) is 19.3. The third kappa shape index (κ3) is 4.43. The van der Waals surface area contributed by atoms with Crippen molar-refractivity contribution >= 4 is 33.2 Å². The Kier molecular flexibility index (Phi) is 6.34. The lowest BCUT2D eigenvalue weighted by molar-refractivity contribution is -0.130. The topological polar surface area (TPSA) is 86.8 Å². The van der Waals surface area contributed by atoms with Gasteiger partial charge in [-0.3, -0.25) is 13.9 Å².